The van der Waals surface area contributed by atoms with Crippen molar-refractivity contribution in [3.8, 4) is 0 Å². The Bertz CT molecular complexity index is 230. The number of hydrogen-bond donors (Lipinski definition) is 0. The highest BCUT2D eigenvalue weighted by Gasteiger charge is 2.31. The summed E-state index contributed by atoms with van der Waals surface area (Å²) in [6.45, 7) is 8.01. The molecule has 0 aliphatic heterocycles. The number of unbranched alkanes of at least 4 members (excludes halogenated alkanes) is 5. The lowest BCUT2D eigenvalue weighted by Crippen LogP contribution is -2.34. The predicted molar refractivity (Wildman–Crippen MR) is 95.1 cm³/mol. The third-order valence-electron chi connectivity index (χ3n) is 5.16. The number of rotatable bonds is 13. The molecule has 0 radical (unpaired) electrons. The van der Waals surface area contributed by atoms with Crippen molar-refractivity contribution in [2.75, 3.05) is 13.2 Å². The number of ether oxygens (including phenoxy) is 2. The fourth-order valence-corrected chi connectivity index (χ4v) is 3.94. The molecule has 0 aromatic rings. The molecule has 0 amide bonds. The first-order valence-electron chi connectivity index (χ1n) is 10.1. The van der Waals surface area contributed by atoms with Crippen molar-refractivity contribution in [3.05, 3.63) is 0 Å². The molecule has 1 atom stereocenters. The van der Waals surface area contributed by atoms with Crippen LogP contribution in [0.3, 0.4) is 0 Å². The van der Waals surface area contributed by atoms with Gasteiger partial charge in [0.05, 0.1) is 0 Å². The summed E-state index contributed by atoms with van der Waals surface area (Å²) in [5.41, 5.74) is 0. The molecule has 0 aromatic carbocycles. The highest BCUT2D eigenvalue weighted by molar-refractivity contribution is 4.77. The lowest BCUT2D eigenvalue weighted by molar-refractivity contribution is -0.181. The van der Waals surface area contributed by atoms with Crippen LogP contribution in [0, 0.1) is 11.8 Å². The Morgan fingerprint density at radius 1 is 0.773 bits per heavy atom. The van der Waals surface area contributed by atoms with Crippen LogP contribution in [0.2, 0.25) is 0 Å². The van der Waals surface area contributed by atoms with Crippen molar-refractivity contribution >= 4 is 0 Å². The standard InChI is InChI=1S/C20H40O2/c1-4-7-8-9-10-14-17-19(18-15-12-11-13-16-18)20(21-5-2)22-6-3/h18-20H,4-17H2,1-3H3. The Balaban J connectivity index is 2.44. The number of hydrogen-bond acceptors (Lipinski definition) is 2. The van der Waals surface area contributed by atoms with E-state index in [2.05, 4.69) is 20.8 Å². The molecule has 0 bridgehead atoms. The highest BCUT2D eigenvalue weighted by Crippen LogP contribution is 2.36. The van der Waals surface area contributed by atoms with E-state index < -0.39 is 0 Å². The van der Waals surface area contributed by atoms with E-state index in [1.807, 2.05) is 0 Å². The molecule has 1 fully saturated rings. The van der Waals surface area contributed by atoms with Gasteiger partial charge in [-0.05, 0) is 39.0 Å². The van der Waals surface area contributed by atoms with Crippen molar-refractivity contribution in [1.29, 1.82) is 0 Å². The summed E-state index contributed by atoms with van der Waals surface area (Å²) in [7, 11) is 0. The molecule has 1 saturated carbocycles. The second kappa shape index (κ2) is 13.4. The fraction of sp³-hybridized carbons (Fsp3) is 1.00. The van der Waals surface area contributed by atoms with Crippen molar-refractivity contribution < 1.29 is 9.47 Å². The normalized spacial score (nSPS) is 18.0. The average molecular weight is 313 g/mol. The van der Waals surface area contributed by atoms with Crippen LogP contribution in [-0.2, 0) is 9.47 Å². The first kappa shape index (κ1) is 20.0. The quantitative estimate of drug-likeness (QED) is 0.292. The van der Waals surface area contributed by atoms with Crippen LogP contribution in [0.5, 0.6) is 0 Å². The summed E-state index contributed by atoms with van der Waals surface area (Å²) < 4.78 is 11.9. The van der Waals surface area contributed by atoms with Crippen LogP contribution in [0.25, 0.3) is 0 Å². The largest absolute Gasteiger partial charge is 0.353 e. The maximum atomic E-state index is 5.97. The van der Waals surface area contributed by atoms with Crippen LogP contribution in [0.1, 0.15) is 97.8 Å². The Hall–Kier alpha value is -0.0800. The predicted octanol–water partition coefficient (Wildman–Crippen LogP) is 6.33. The zero-order chi connectivity index (χ0) is 16.0. The van der Waals surface area contributed by atoms with Gasteiger partial charge in [-0.25, -0.2) is 0 Å². The first-order valence-corrected chi connectivity index (χ1v) is 10.1. The third kappa shape index (κ3) is 7.97. The average Bonchev–Trinajstić information content (AvgIpc) is 2.55. The third-order valence-corrected chi connectivity index (χ3v) is 5.16. The Kier molecular flexibility index (Phi) is 12.1. The van der Waals surface area contributed by atoms with Gasteiger partial charge in [-0.3, -0.25) is 0 Å². The molecule has 1 unspecified atom stereocenters. The highest BCUT2D eigenvalue weighted by atomic mass is 16.7. The van der Waals surface area contributed by atoms with Crippen molar-refractivity contribution in [3.63, 3.8) is 0 Å². The fourth-order valence-electron chi connectivity index (χ4n) is 3.94. The summed E-state index contributed by atoms with van der Waals surface area (Å²) in [6.07, 6.45) is 16.6. The van der Waals surface area contributed by atoms with Crippen molar-refractivity contribution in [2.45, 2.75) is 104 Å². The van der Waals surface area contributed by atoms with Gasteiger partial charge in [-0.15, -0.1) is 0 Å². The van der Waals surface area contributed by atoms with E-state index in [0.717, 1.165) is 19.1 Å². The molecule has 132 valence electrons. The van der Waals surface area contributed by atoms with Gasteiger partial charge < -0.3 is 9.47 Å². The maximum Gasteiger partial charge on any atom is 0.160 e. The molecule has 1 aliphatic rings. The molecular weight excluding hydrogens is 272 g/mol. The van der Waals surface area contributed by atoms with E-state index in [1.54, 1.807) is 0 Å². The molecule has 0 aromatic heterocycles. The summed E-state index contributed by atoms with van der Waals surface area (Å²) >= 11 is 0. The molecular formula is C20H40O2. The minimum Gasteiger partial charge on any atom is -0.353 e. The SMILES string of the molecule is CCCCCCCCC(C1CCCCC1)C(OCC)OCC. The van der Waals surface area contributed by atoms with E-state index >= 15 is 0 Å². The van der Waals surface area contributed by atoms with Gasteiger partial charge in [0, 0.05) is 19.1 Å². The molecule has 0 saturated heterocycles. The molecule has 2 heteroatoms. The smallest absolute Gasteiger partial charge is 0.160 e. The molecule has 0 heterocycles. The molecule has 1 aliphatic carbocycles. The van der Waals surface area contributed by atoms with Crippen LogP contribution in [0.4, 0.5) is 0 Å². The molecule has 0 N–H and O–H groups in total. The Morgan fingerprint density at radius 3 is 1.95 bits per heavy atom. The molecule has 22 heavy (non-hydrogen) atoms. The lowest BCUT2D eigenvalue weighted by atomic mass is 9.77. The molecule has 1 rings (SSSR count). The second-order valence-corrected chi connectivity index (χ2v) is 6.90. The zero-order valence-corrected chi connectivity index (χ0v) is 15.4. The van der Waals surface area contributed by atoms with Crippen molar-refractivity contribution in [2.24, 2.45) is 11.8 Å². The minimum atomic E-state index is 0.0359. The monoisotopic (exact) mass is 312 g/mol. The van der Waals surface area contributed by atoms with E-state index in [9.17, 15) is 0 Å². The van der Waals surface area contributed by atoms with E-state index in [4.69, 9.17) is 9.47 Å². The lowest BCUT2D eigenvalue weighted by Gasteiger charge is -2.35. The minimum absolute atomic E-state index is 0.0359. The van der Waals surface area contributed by atoms with E-state index in [1.165, 1.54) is 77.0 Å². The molecule has 2 nitrogen and oxygen atoms in total. The summed E-state index contributed by atoms with van der Waals surface area (Å²) in [5, 5.41) is 0. The maximum absolute atomic E-state index is 5.97. The summed E-state index contributed by atoms with van der Waals surface area (Å²) in [4.78, 5) is 0. The van der Waals surface area contributed by atoms with Gasteiger partial charge in [-0.1, -0.05) is 64.7 Å². The van der Waals surface area contributed by atoms with Crippen LogP contribution in [0.15, 0.2) is 0 Å². The first-order chi connectivity index (χ1) is 10.8. The zero-order valence-electron chi connectivity index (χ0n) is 15.4. The Labute approximate surface area is 139 Å². The van der Waals surface area contributed by atoms with Gasteiger partial charge in [-0.2, -0.15) is 0 Å². The second-order valence-electron chi connectivity index (χ2n) is 6.90. The van der Waals surface area contributed by atoms with Gasteiger partial charge in [0.2, 0.25) is 0 Å². The molecule has 0 spiro atoms. The van der Waals surface area contributed by atoms with E-state index in [-0.39, 0.29) is 6.29 Å². The topological polar surface area (TPSA) is 18.5 Å². The van der Waals surface area contributed by atoms with Gasteiger partial charge in [0.1, 0.15) is 0 Å². The summed E-state index contributed by atoms with van der Waals surface area (Å²) in [5.74, 6) is 1.44. The van der Waals surface area contributed by atoms with Gasteiger partial charge >= 0.3 is 0 Å². The van der Waals surface area contributed by atoms with E-state index in [0.29, 0.717) is 5.92 Å². The van der Waals surface area contributed by atoms with Crippen LogP contribution < -0.4 is 0 Å². The van der Waals surface area contributed by atoms with Gasteiger partial charge in [0.15, 0.2) is 6.29 Å². The van der Waals surface area contributed by atoms with Gasteiger partial charge in [0.25, 0.3) is 0 Å². The van der Waals surface area contributed by atoms with Crippen LogP contribution >= 0.6 is 0 Å². The van der Waals surface area contributed by atoms with Crippen LogP contribution in [-0.4, -0.2) is 19.5 Å². The Morgan fingerprint density at radius 2 is 1.36 bits per heavy atom. The summed E-state index contributed by atoms with van der Waals surface area (Å²) in [6, 6.07) is 0. The van der Waals surface area contributed by atoms with Crippen molar-refractivity contribution in [1.82, 2.24) is 0 Å².